The minimum atomic E-state index is 0.146. The third-order valence-electron chi connectivity index (χ3n) is 3.76. The van der Waals surface area contributed by atoms with Gasteiger partial charge in [0, 0.05) is 7.05 Å². The van der Waals surface area contributed by atoms with Crippen LogP contribution in [0.1, 0.15) is 23.0 Å². The van der Waals surface area contributed by atoms with Crippen molar-refractivity contribution in [2.45, 2.75) is 13.0 Å². The van der Waals surface area contributed by atoms with Crippen LogP contribution >= 0.6 is 0 Å². The lowest BCUT2D eigenvalue weighted by Crippen LogP contribution is -2.20. The molecule has 1 unspecified atom stereocenters. The Morgan fingerprint density at radius 3 is 2.55 bits per heavy atom. The van der Waals surface area contributed by atoms with Gasteiger partial charge in [-0.25, -0.2) is 0 Å². The van der Waals surface area contributed by atoms with Crippen molar-refractivity contribution in [1.82, 2.24) is 15.1 Å². The molecule has 1 aromatic heterocycles. The third-order valence-corrected chi connectivity index (χ3v) is 3.76. The Morgan fingerprint density at radius 2 is 1.85 bits per heavy atom. The molecule has 3 heteroatoms. The maximum Gasteiger partial charge on any atom is 0.0751 e. The molecule has 2 aromatic carbocycles. The molecule has 0 radical (unpaired) electrons. The number of hydrogen-bond acceptors (Lipinski definition) is 2. The van der Waals surface area contributed by atoms with Gasteiger partial charge in [0.1, 0.15) is 0 Å². The van der Waals surface area contributed by atoms with Gasteiger partial charge in [0.25, 0.3) is 0 Å². The number of nitrogens with zero attached hydrogens (tertiary/aromatic N) is 2. The second-order valence-electron chi connectivity index (χ2n) is 5.12. The molecule has 0 aliphatic rings. The molecule has 20 heavy (non-hydrogen) atoms. The molecule has 3 nitrogen and oxygen atoms in total. The number of benzene rings is 2. The van der Waals surface area contributed by atoms with Crippen molar-refractivity contribution >= 4 is 10.8 Å². The van der Waals surface area contributed by atoms with E-state index >= 15 is 0 Å². The molecule has 0 saturated heterocycles. The zero-order valence-corrected chi connectivity index (χ0v) is 12.1. The van der Waals surface area contributed by atoms with E-state index in [1.165, 1.54) is 22.0 Å². The van der Waals surface area contributed by atoms with Crippen LogP contribution in [-0.4, -0.2) is 16.8 Å². The summed E-state index contributed by atoms with van der Waals surface area (Å²) in [5, 5.41) is 10.4. The molecular weight excluding hydrogens is 246 g/mol. The third kappa shape index (κ3) is 2.10. The summed E-state index contributed by atoms with van der Waals surface area (Å²) in [4.78, 5) is 0. The van der Waals surface area contributed by atoms with Crippen LogP contribution in [-0.2, 0) is 7.05 Å². The topological polar surface area (TPSA) is 29.9 Å². The van der Waals surface area contributed by atoms with Crippen LogP contribution in [0.2, 0.25) is 0 Å². The first kappa shape index (κ1) is 12.9. The van der Waals surface area contributed by atoms with Crippen molar-refractivity contribution in [2.24, 2.45) is 7.05 Å². The van der Waals surface area contributed by atoms with Gasteiger partial charge >= 0.3 is 0 Å². The zero-order valence-electron chi connectivity index (χ0n) is 12.1. The van der Waals surface area contributed by atoms with Crippen LogP contribution in [0.15, 0.2) is 48.5 Å². The summed E-state index contributed by atoms with van der Waals surface area (Å²) in [7, 11) is 3.99. The van der Waals surface area contributed by atoms with Crippen LogP contribution < -0.4 is 5.32 Å². The smallest absolute Gasteiger partial charge is 0.0751 e. The van der Waals surface area contributed by atoms with Gasteiger partial charge in [-0.15, -0.1) is 0 Å². The largest absolute Gasteiger partial charge is 0.308 e. The SMILES string of the molecule is CNC(c1cccc2ccccc12)c1cc(C)nn1C. The number of aryl methyl sites for hydroxylation is 2. The summed E-state index contributed by atoms with van der Waals surface area (Å²) in [6.45, 7) is 2.03. The Balaban J connectivity index is 2.19. The molecule has 1 heterocycles. The molecule has 0 saturated carbocycles. The molecule has 3 aromatic rings. The van der Waals surface area contributed by atoms with Gasteiger partial charge in [0.15, 0.2) is 0 Å². The van der Waals surface area contributed by atoms with E-state index in [2.05, 4.69) is 58.9 Å². The molecule has 0 aliphatic heterocycles. The predicted molar refractivity (Wildman–Crippen MR) is 82.8 cm³/mol. The lowest BCUT2D eigenvalue weighted by atomic mass is 9.96. The van der Waals surface area contributed by atoms with Crippen LogP contribution in [0.3, 0.4) is 0 Å². The lowest BCUT2D eigenvalue weighted by molar-refractivity contribution is 0.607. The quantitative estimate of drug-likeness (QED) is 0.788. The second-order valence-corrected chi connectivity index (χ2v) is 5.12. The highest BCUT2D eigenvalue weighted by Gasteiger charge is 2.18. The first-order chi connectivity index (χ1) is 9.70. The van der Waals surface area contributed by atoms with Gasteiger partial charge in [-0.05, 0) is 36.4 Å². The number of rotatable bonds is 3. The summed E-state index contributed by atoms with van der Waals surface area (Å²) in [6, 6.07) is 17.2. The normalized spacial score (nSPS) is 12.8. The van der Waals surface area contributed by atoms with Gasteiger partial charge in [-0.3, -0.25) is 4.68 Å². The number of hydrogen-bond donors (Lipinski definition) is 1. The molecule has 1 atom stereocenters. The minimum absolute atomic E-state index is 0.146. The van der Waals surface area contributed by atoms with Crippen LogP contribution in [0.4, 0.5) is 0 Å². The molecule has 102 valence electrons. The molecule has 0 amide bonds. The highest BCUT2D eigenvalue weighted by molar-refractivity contribution is 5.86. The van der Waals surface area contributed by atoms with Crippen molar-refractivity contribution in [3.05, 3.63) is 65.5 Å². The van der Waals surface area contributed by atoms with Gasteiger partial charge in [0.05, 0.1) is 17.4 Å². The molecule has 1 N–H and O–H groups in total. The Morgan fingerprint density at radius 1 is 1.10 bits per heavy atom. The number of nitrogens with one attached hydrogen (secondary N) is 1. The molecule has 0 aliphatic carbocycles. The summed E-state index contributed by atoms with van der Waals surface area (Å²) in [5.74, 6) is 0. The minimum Gasteiger partial charge on any atom is -0.308 e. The standard InChI is InChI=1S/C17H19N3/c1-12-11-16(20(3)19-12)17(18-2)15-10-6-8-13-7-4-5-9-14(13)15/h4-11,17-18H,1-3H3. The van der Waals surface area contributed by atoms with E-state index in [1.54, 1.807) is 0 Å². The first-order valence-corrected chi connectivity index (χ1v) is 6.86. The fourth-order valence-corrected chi connectivity index (χ4v) is 2.87. The van der Waals surface area contributed by atoms with E-state index in [4.69, 9.17) is 0 Å². The summed E-state index contributed by atoms with van der Waals surface area (Å²) in [6.07, 6.45) is 0. The fraction of sp³-hybridized carbons (Fsp3) is 0.235. The Kier molecular flexibility index (Phi) is 3.28. The van der Waals surface area contributed by atoms with Crippen molar-refractivity contribution in [3.63, 3.8) is 0 Å². The number of fused-ring (bicyclic) bond motifs is 1. The molecule has 0 fully saturated rings. The van der Waals surface area contributed by atoms with E-state index in [0.29, 0.717) is 0 Å². The maximum absolute atomic E-state index is 4.46. The first-order valence-electron chi connectivity index (χ1n) is 6.86. The Hall–Kier alpha value is -2.13. The van der Waals surface area contributed by atoms with E-state index in [0.717, 1.165) is 5.69 Å². The zero-order chi connectivity index (χ0) is 14.1. The van der Waals surface area contributed by atoms with E-state index in [-0.39, 0.29) is 6.04 Å². The van der Waals surface area contributed by atoms with Crippen LogP contribution in [0.25, 0.3) is 10.8 Å². The Labute approximate surface area is 119 Å². The van der Waals surface area contributed by atoms with Crippen LogP contribution in [0, 0.1) is 6.92 Å². The van der Waals surface area contributed by atoms with Crippen molar-refractivity contribution in [3.8, 4) is 0 Å². The fourth-order valence-electron chi connectivity index (χ4n) is 2.87. The average molecular weight is 265 g/mol. The van der Waals surface area contributed by atoms with E-state index < -0.39 is 0 Å². The van der Waals surface area contributed by atoms with E-state index in [1.807, 2.05) is 25.7 Å². The Bertz CT molecular complexity index is 738. The average Bonchev–Trinajstić information content (AvgIpc) is 2.79. The van der Waals surface area contributed by atoms with Crippen molar-refractivity contribution in [1.29, 1.82) is 0 Å². The van der Waals surface area contributed by atoms with E-state index in [9.17, 15) is 0 Å². The highest BCUT2D eigenvalue weighted by Crippen LogP contribution is 2.28. The molecule has 0 spiro atoms. The summed E-state index contributed by atoms with van der Waals surface area (Å²) >= 11 is 0. The molecule has 0 bridgehead atoms. The summed E-state index contributed by atoms with van der Waals surface area (Å²) < 4.78 is 1.96. The van der Waals surface area contributed by atoms with Gasteiger partial charge in [0.2, 0.25) is 0 Å². The summed E-state index contributed by atoms with van der Waals surface area (Å²) in [5.41, 5.74) is 3.51. The van der Waals surface area contributed by atoms with Gasteiger partial charge in [-0.2, -0.15) is 5.10 Å². The maximum atomic E-state index is 4.46. The molecular formula is C17H19N3. The predicted octanol–water partition coefficient (Wildman–Crippen LogP) is 3.19. The van der Waals surface area contributed by atoms with Crippen LogP contribution in [0.5, 0.6) is 0 Å². The van der Waals surface area contributed by atoms with Gasteiger partial charge in [-0.1, -0.05) is 42.5 Å². The van der Waals surface area contributed by atoms with Crippen molar-refractivity contribution < 1.29 is 0 Å². The monoisotopic (exact) mass is 265 g/mol. The van der Waals surface area contributed by atoms with Gasteiger partial charge < -0.3 is 5.32 Å². The number of aromatic nitrogens is 2. The lowest BCUT2D eigenvalue weighted by Gasteiger charge is -2.19. The molecule has 3 rings (SSSR count). The second kappa shape index (κ2) is 5.10. The highest BCUT2D eigenvalue weighted by atomic mass is 15.3. The van der Waals surface area contributed by atoms with Crippen molar-refractivity contribution in [2.75, 3.05) is 7.05 Å².